The lowest BCUT2D eigenvalue weighted by Gasteiger charge is -2.25. The second-order valence-corrected chi connectivity index (χ2v) is 5.31. The molecule has 0 saturated heterocycles. The number of aromatic nitrogens is 2. The first-order chi connectivity index (χ1) is 9.36. The number of rotatable bonds is 6. The number of fused-ring (bicyclic) bond motifs is 1. The summed E-state index contributed by atoms with van der Waals surface area (Å²) in [4.78, 5) is 11.5. The van der Waals surface area contributed by atoms with Crippen LogP contribution in [0.1, 0.15) is 50.3 Å². The van der Waals surface area contributed by atoms with Crippen molar-refractivity contribution in [2.75, 3.05) is 24.5 Å². The molecule has 4 nitrogen and oxygen atoms in total. The highest BCUT2D eigenvalue weighted by atomic mass is 15.2. The van der Waals surface area contributed by atoms with Crippen LogP contribution in [0, 0.1) is 0 Å². The zero-order valence-corrected chi connectivity index (χ0v) is 12.1. The van der Waals surface area contributed by atoms with Gasteiger partial charge in [-0.3, -0.25) is 0 Å². The molecule has 0 aromatic carbocycles. The summed E-state index contributed by atoms with van der Waals surface area (Å²) >= 11 is 0. The molecule has 1 aliphatic rings. The van der Waals surface area contributed by atoms with E-state index in [0.29, 0.717) is 0 Å². The molecule has 106 valence electrons. The van der Waals surface area contributed by atoms with Gasteiger partial charge in [-0.1, -0.05) is 13.3 Å². The van der Waals surface area contributed by atoms with Gasteiger partial charge in [0.2, 0.25) is 0 Å². The number of nitrogens with two attached hydrogens (primary N) is 1. The van der Waals surface area contributed by atoms with E-state index < -0.39 is 0 Å². The Labute approximate surface area is 116 Å². The molecule has 19 heavy (non-hydrogen) atoms. The summed E-state index contributed by atoms with van der Waals surface area (Å²) < 4.78 is 0. The van der Waals surface area contributed by atoms with E-state index in [0.717, 1.165) is 45.3 Å². The lowest BCUT2D eigenvalue weighted by Crippen LogP contribution is -2.29. The summed E-state index contributed by atoms with van der Waals surface area (Å²) in [6.07, 6.45) is 10.00. The first-order valence-corrected chi connectivity index (χ1v) is 7.64. The Morgan fingerprint density at radius 2 is 2.00 bits per heavy atom. The van der Waals surface area contributed by atoms with Gasteiger partial charge in [0.25, 0.3) is 0 Å². The van der Waals surface area contributed by atoms with Gasteiger partial charge in [0.15, 0.2) is 0 Å². The molecule has 2 N–H and O–H groups in total. The number of anilines is 1. The van der Waals surface area contributed by atoms with Crippen LogP contribution in [-0.2, 0) is 12.8 Å². The minimum absolute atomic E-state index is 0.744. The summed E-state index contributed by atoms with van der Waals surface area (Å²) in [6, 6.07) is 0. The maximum atomic E-state index is 5.65. The summed E-state index contributed by atoms with van der Waals surface area (Å²) in [7, 11) is 0. The monoisotopic (exact) mass is 262 g/mol. The van der Waals surface area contributed by atoms with Gasteiger partial charge in [-0.2, -0.15) is 0 Å². The van der Waals surface area contributed by atoms with Crippen LogP contribution < -0.4 is 10.6 Å². The van der Waals surface area contributed by atoms with Crippen LogP contribution in [0.4, 0.5) is 5.82 Å². The van der Waals surface area contributed by atoms with Crippen molar-refractivity contribution in [2.45, 2.75) is 51.9 Å². The highest BCUT2D eigenvalue weighted by molar-refractivity contribution is 5.49. The normalized spacial score (nSPS) is 14.8. The van der Waals surface area contributed by atoms with E-state index >= 15 is 0 Å². The smallest absolute Gasteiger partial charge is 0.135 e. The van der Waals surface area contributed by atoms with E-state index in [1.54, 1.807) is 6.33 Å². The van der Waals surface area contributed by atoms with Gasteiger partial charge in [0, 0.05) is 24.3 Å². The summed E-state index contributed by atoms with van der Waals surface area (Å²) in [5.74, 6) is 1.17. The van der Waals surface area contributed by atoms with Gasteiger partial charge in [-0.15, -0.1) is 0 Å². The van der Waals surface area contributed by atoms with Gasteiger partial charge in [-0.25, -0.2) is 9.97 Å². The molecule has 0 bridgehead atoms. The fraction of sp³-hybridized carbons (Fsp3) is 0.733. The molecule has 0 aliphatic heterocycles. The Kier molecular flexibility index (Phi) is 5.58. The lowest BCUT2D eigenvalue weighted by atomic mass is 10.1. The molecule has 4 heteroatoms. The third-order valence-corrected chi connectivity index (χ3v) is 3.78. The number of hydrogen-bond donors (Lipinski definition) is 1. The second kappa shape index (κ2) is 7.43. The van der Waals surface area contributed by atoms with Crippen LogP contribution in [0.15, 0.2) is 6.33 Å². The van der Waals surface area contributed by atoms with Gasteiger partial charge in [0.1, 0.15) is 12.1 Å². The Morgan fingerprint density at radius 3 is 2.79 bits per heavy atom. The Morgan fingerprint density at radius 1 is 1.16 bits per heavy atom. The molecule has 1 aliphatic carbocycles. The van der Waals surface area contributed by atoms with E-state index in [9.17, 15) is 0 Å². The van der Waals surface area contributed by atoms with Gasteiger partial charge in [-0.05, 0) is 45.1 Å². The molecule has 0 atom stereocenters. The van der Waals surface area contributed by atoms with Crippen molar-refractivity contribution in [3.63, 3.8) is 0 Å². The minimum Gasteiger partial charge on any atom is -0.356 e. The Balaban J connectivity index is 2.25. The molecule has 0 unspecified atom stereocenters. The molecule has 2 rings (SSSR count). The van der Waals surface area contributed by atoms with Crippen molar-refractivity contribution in [1.29, 1.82) is 0 Å². The zero-order valence-electron chi connectivity index (χ0n) is 12.1. The summed E-state index contributed by atoms with van der Waals surface area (Å²) in [5.41, 5.74) is 8.32. The van der Waals surface area contributed by atoms with E-state index in [1.165, 1.54) is 36.3 Å². The predicted octanol–water partition coefficient (Wildman–Crippen LogP) is 2.31. The third-order valence-electron chi connectivity index (χ3n) is 3.78. The van der Waals surface area contributed by atoms with Crippen LogP contribution >= 0.6 is 0 Å². The van der Waals surface area contributed by atoms with Gasteiger partial charge >= 0.3 is 0 Å². The molecular formula is C15H26N4. The van der Waals surface area contributed by atoms with Crippen LogP contribution in [-0.4, -0.2) is 29.6 Å². The van der Waals surface area contributed by atoms with Crippen molar-refractivity contribution in [1.82, 2.24) is 9.97 Å². The third kappa shape index (κ3) is 3.66. The van der Waals surface area contributed by atoms with Crippen molar-refractivity contribution < 1.29 is 0 Å². The standard InChI is InChI=1S/C15H26N4/c1-2-10-19(11-6-9-16)15-13-7-4-3-5-8-14(13)17-12-18-15/h12H,2-11,16H2,1H3. The molecule has 0 fully saturated rings. The average Bonchev–Trinajstić information content (AvgIpc) is 2.68. The molecular weight excluding hydrogens is 236 g/mol. The molecule has 0 radical (unpaired) electrons. The molecule has 0 saturated carbocycles. The Bertz CT molecular complexity index is 392. The van der Waals surface area contributed by atoms with Crippen molar-refractivity contribution >= 4 is 5.82 Å². The first kappa shape index (κ1) is 14.3. The van der Waals surface area contributed by atoms with E-state index in [4.69, 9.17) is 5.73 Å². The zero-order chi connectivity index (χ0) is 13.5. The topological polar surface area (TPSA) is 55.0 Å². The first-order valence-electron chi connectivity index (χ1n) is 7.64. The van der Waals surface area contributed by atoms with Crippen LogP contribution in [0.5, 0.6) is 0 Å². The maximum absolute atomic E-state index is 5.65. The lowest BCUT2D eigenvalue weighted by molar-refractivity contribution is 0.697. The molecule has 1 heterocycles. The number of hydrogen-bond acceptors (Lipinski definition) is 4. The molecule has 0 spiro atoms. The fourth-order valence-corrected chi connectivity index (χ4v) is 2.83. The van der Waals surface area contributed by atoms with Crippen molar-refractivity contribution in [3.8, 4) is 0 Å². The minimum atomic E-state index is 0.744. The molecule has 0 amide bonds. The van der Waals surface area contributed by atoms with Crippen LogP contribution in [0.25, 0.3) is 0 Å². The van der Waals surface area contributed by atoms with E-state index in [2.05, 4.69) is 21.8 Å². The highest BCUT2D eigenvalue weighted by Crippen LogP contribution is 2.26. The van der Waals surface area contributed by atoms with E-state index in [-0.39, 0.29) is 0 Å². The summed E-state index contributed by atoms with van der Waals surface area (Å²) in [5, 5.41) is 0. The SMILES string of the molecule is CCCN(CCCN)c1ncnc2c1CCCCC2. The van der Waals surface area contributed by atoms with Gasteiger partial charge < -0.3 is 10.6 Å². The number of nitrogens with zero attached hydrogens (tertiary/aromatic N) is 3. The van der Waals surface area contributed by atoms with Crippen molar-refractivity contribution in [3.05, 3.63) is 17.6 Å². The van der Waals surface area contributed by atoms with Crippen LogP contribution in [0.2, 0.25) is 0 Å². The molecule has 1 aromatic heterocycles. The average molecular weight is 262 g/mol. The summed E-state index contributed by atoms with van der Waals surface area (Å²) in [6.45, 7) is 5.03. The van der Waals surface area contributed by atoms with Crippen LogP contribution in [0.3, 0.4) is 0 Å². The Hall–Kier alpha value is -1.16. The highest BCUT2D eigenvalue weighted by Gasteiger charge is 2.18. The molecule has 1 aromatic rings. The largest absolute Gasteiger partial charge is 0.356 e. The quantitative estimate of drug-likeness (QED) is 0.799. The fourth-order valence-electron chi connectivity index (χ4n) is 2.83. The predicted molar refractivity (Wildman–Crippen MR) is 79.5 cm³/mol. The van der Waals surface area contributed by atoms with E-state index in [1.807, 2.05) is 0 Å². The maximum Gasteiger partial charge on any atom is 0.135 e. The number of aryl methyl sites for hydroxylation is 1. The second-order valence-electron chi connectivity index (χ2n) is 5.31. The van der Waals surface area contributed by atoms with Crippen molar-refractivity contribution in [2.24, 2.45) is 5.73 Å². The van der Waals surface area contributed by atoms with Gasteiger partial charge in [0.05, 0.1) is 0 Å².